The maximum absolute atomic E-state index is 12.0. The third kappa shape index (κ3) is 9.96. The highest BCUT2D eigenvalue weighted by Crippen LogP contribution is 2.36. The largest absolute Gasteiger partial charge is 0.497 e. The molecule has 0 aliphatic carbocycles. The fraction of sp³-hybridized carbons (Fsp3) is 0.353. The molecule has 3 aromatic carbocycles. The van der Waals surface area contributed by atoms with Crippen molar-refractivity contribution in [2.24, 2.45) is 5.73 Å². The predicted molar refractivity (Wildman–Crippen MR) is 168 cm³/mol. The van der Waals surface area contributed by atoms with Gasteiger partial charge in [0.2, 0.25) is 11.6 Å². The van der Waals surface area contributed by atoms with E-state index in [1.807, 2.05) is 18.2 Å². The number of benzene rings is 3. The number of hydrogen-bond acceptors (Lipinski definition) is 8. The Balaban J connectivity index is 0.000000206. The Hall–Kier alpha value is -5.12. The van der Waals surface area contributed by atoms with E-state index in [-0.39, 0.29) is 24.7 Å². The van der Waals surface area contributed by atoms with Crippen LogP contribution >= 0.6 is 0 Å². The number of ketones is 2. The second-order valence-corrected chi connectivity index (χ2v) is 12.0. The summed E-state index contributed by atoms with van der Waals surface area (Å²) in [6.07, 6.45) is -9.76. The lowest BCUT2D eigenvalue weighted by atomic mass is 9.98. The lowest BCUT2D eigenvalue weighted by molar-refractivity contribution is -0.173. The molecule has 0 saturated heterocycles. The molecule has 270 valence electrons. The van der Waals surface area contributed by atoms with Gasteiger partial charge in [-0.15, -0.1) is 0 Å². The lowest BCUT2D eigenvalue weighted by Crippen LogP contribution is -2.36. The minimum absolute atomic E-state index is 0.0304. The number of alkyl halides is 6. The molecule has 4 N–H and O–H groups in total. The number of carbonyl (C=O) groups is 4. The van der Waals surface area contributed by atoms with Crippen LogP contribution in [-0.2, 0) is 29.2 Å². The van der Waals surface area contributed by atoms with Crippen LogP contribution in [0.5, 0.6) is 17.2 Å². The third-order valence-corrected chi connectivity index (χ3v) is 7.22. The van der Waals surface area contributed by atoms with Crippen molar-refractivity contribution in [3.63, 3.8) is 0 Å². The molecule has 0 saturated carbocycles. The van der Waals surface area contributed by atoms with Gasteiger partial charge < -0.3 is 30.6 Å². The van der Waals surface area contributed by atoms with Gasteiger partial charge in [-0.05, 0) is 80.8 Å². The van der Waals surface area contributed by atoms with Gasteiger partial charge >= 0.3 is 24.2 Å². The number of rotatable bonds is 6. The molecule has 3 aromatic rings. The standard InChI is InChI=1S/C13H12F3NO3.C11H13NO2.C10H10F3NO2/c1-12(2)10(18)8-5-7(3-4-9(8)20-12)6-17-11(19)13(14,15)16;1-11(2)10(13)8-5-7(6-12)3-4-9(8)14-11;1-16-8-4-2-7(3-5-8)6-14-9(15)10(11,12)13/h3-5H,6H2,1-2H3,(H,17,19);3-5H,6,12H2,1-2H3;2-5H,6H2,1H3,(H,14,15). The molecular formula is C34H35F6N3O7. The number of amides is 2. The molecule has 0 fully saturated rings. The van der Waals surface area contributed by atoms with Crippen LogP contribution < -0.4 is 30.6 Å². The summed E-state index contributed by atoms with van der Waals surface area (Å²) in [6, 6.07) is 16.3. The van der Waals surface area contributed by atoms with Gasteiger partial charge in [-0.25, -0.2) is 0 Å². The minimum Gasteiger partial charge on any atom is -0.497 e. The number of nitrogens with two attached hydrogens (primary N) is 1. The second kappa shape index (κ2) is 15.2. The van der Waals surface area contributed by atoms with Gasteiger partial charge in [0.15, 0.2) is 11.2 Å². The van der Waals surface area contributed by atoms with Crippen LogP contribution in [-0.4, -0.2) is 54.0 Å². The molecule has 2 aliphatic rings. The van der Waals surface area contributed by atoms with Crippen molar-refractivity contribution in [1.29, 1.82) is 0 Å². The average Bonchev–Trinajstić information content (AvgIpc) is 3.42. The molecule has 0 aromatic heterocycles. The topological polar surface area (TPSA) is 146 Å². The summed E-state index contributed by atoms with van der Waals surface area (Å²) < 4.78 is 87.5. The Morgan fingerprint density at radius 2 is 1.06 bits per heavy atom. The monoisotopic (exact) mass is 711 g/mol. The van der Waals surface area contributed by atoms with Crippen LogP contribution in [0.25, 0.3) is 0 Å². The van der Waals surface area contributed by atoms with Crippen molar-refractivity contribution >= 4 is 23.4 Å². The molecule has 0 atom stereocenters. The maximum Gasteiger partial charge on any atom is 0.471 e. The number of halogens is 6. The van der Waals surface area contributed by atoms with Crippen molar-refractivity contribution in [2.75, 3.05) is 7.11 Å². The summed E-state index contributed by atoms with van der Waals surface area (Å²) in [4.78, 5) is 45.0. The number of ether oxygens (including phenoxy) is 3. The van der Waals surface area contributed by atoms with E-state index in [9.17, 15) is 45.5 Å². The van der Waals surface area contributed by atoms with E-state index in [0.717, 1.165) is 5.56 Å². The summed E-state index contributed by atoms with van der Waals surface area (Å²) in [7, 11) is 1.49. The van der Waals surface area contributed by atoms with Crippen LogP contribution in [0.2, 0.25) is 0 Å². The zero-order valence-electron chi connectivity index (χ0n) is 27.6. The van der Waals surface area contributed by atoms with Gasteiger partial charge in [-0.1, -0.05) is 24.3 Å². The lowest BCUT2D eigenvalue weighted by Gasteiger charge is -2.14. The Morgan fingerprint density at radius 1 is 0.680 bits per heavy atom. The first kappa shape index (κ1) is 39.3. The Labute approximate surface area is 283 Å². The number of carbonyl (C=O) groups excluding carboxylic acids is 4. The fourth-order valence-corrected chi connectivity index (χ4v) is 4.52. The van der Waals surface area contributed by atoms with Crippen molar-refractivity contribution in [3.05, 3.63) is 88.5 Å². The second-order valence-electron chi connectivity index (χ2n) is 12.0. The van der Waals surface area contributed by atoms with Gasteiger partial charge in [0, 0.05) is 19.6 Å². The first-order chi connectivity index (χ1) is 23.1. The SMILES string of the molecule is CC1(C)Oc2ccc(CN)cc2C1=O.CC1(C)Oc2ccc(CNC(=O)C(F)(F)F)cc2C1=O.COc1ccc(CNC(=O)C(F)(F)F)cc1. The Kier molecular flexibility index (Phi) is 11.9. The van der Waals surface area contributed by atoms with E-state index in [4.69, 9.17) is 19.9 Å². The van der Waals surface area contributed by atoms with Crippen LogP contribution in [0, 0.1) is 0 Å². The van der Waals surface area contributed by atoms with Crippen LogP contribution in [0.4, 0.5) is 26.3 Å². The van der Waals surface area contributed by atoms with Crippen LogP contribution in [0.1, 0.15) is 65.1 Å². The molecule has 16 heteroatoms. The first-order valence-corrected chi connectivity index (χ1v) is 14.9. The minimum atomic E-state index is -4.92. The van der Waals surface area contributed by atoms with Gasteiger partial charge in [0.1, 0.15) is 17.2 Å². The number of methoxy groups -OCH3 is 1. The van der Waals surface area contributed by atoms with Gasteiger partial charge in [-0.2, -0.15) is 26.3 Å². The van der Waals surface area contributed by atoms with E-state index in [1.54, 1.807) is 62.6 Å². The summed E-state index contributed by atoms with van der Waals surface area (Å²) in [5.41, 5.74) is 6.69. The number of nitrogens with one attached hydrogen (secondary N) is 2. The van der Waals surface area contributed by atoms with E-state index in [1.165, 1.54) is 25.3 Å². The average molecular weight is 712 g/mol. The highest BCUT2D eigenvalue weighted by atomic mass is 19.4. The summed E-state index contributed by atoms with van der Waals surface area (Å²) in [5, 5.41) is 3.52. The van der Waals surface area contributed by atoms with Crippen molar-refractivity contribution in [3.8, 4) is 17.2 Å². The number of hydrogen-bond donors (Lipinski definition) is 3. The molecule has 5 rings (SSSR count). The van der Waals surface area contributed by atoms with Gasteiger partial charge in [0.25, 0.3) is 0 Å². The zero-order valence-corrected chi connectivity index (χ0v) is 27.6. The van der Waals surface area contributed by atoms with Crippen molar-refractivity contribution in [1.82, 2.24) is 10.6 Å². The van der Waals surface area contributed by atoms with Crippen molar-refractivity contribution in [2.45, 2.75) is 70.9 Å². The molecule has 50 heavy (non-hydrogen) atoms. The predicted octanol–water partition coefficient (Wildman–Crippen LogP) is 5.59. The summed E-state index contributed by atoms with van der Waals surface area (Å²) >= 11 is 0. The molecule has 2 heterocycles. The fourth-order valence-electron chi connectivity index (χ4n) is 4.52. The maximum atomic E-state index is 12.0. The summed E-state index contributed by atoms with van der Waals surface area (Å²) in [5.74, 6) is -2.50. The molecule has 0 radical (unpaired) electrons. The Bertz CT molecular complexity index is 1740. The quantitative estimate of drug-likeness (QED) is 0.281. The van der Waals surface area contributed by atoms with Crippen LogP contribution in [0.3, 0.4) is 0 Å². The normalized spacial score (nSPS) is 15.1. The highest BCUT2D eigenvalue weighted by molar-refractivity contribution is 6.07. The molecular weight excluding hydrogens is 676 g/mol. The molecule has 10 nitrogen and oxygen atoms in total. The smallest absolute Gasteiger partial charge is 0.471 e. The molecule has 0 spiro atoms. The summed E-state index contributed by atoms with van der Waals surface area (Å²) in [6.45, 7) is 6.75. The van der Waals surface area contributed by atoms with Crippen LogP contribution in [0.15, 0.2) is 60.7 Å². The zero-order chi connectivity index (χ0) is 37.7. The Morgan fingerprint density at radius 3 is 1.46 bits per heavy atom. The van der Waals surface area contributed by atoms with Crippen molar-refractivity contribution < 1.29 is 59.7 Å². The van der Waals surface area contributed by atoms with E-state index in [2.05, 4.69) is 0 Å². The first-order valence-electron chi connectivity index (χ1n) is 14.9. The number of Topliss-reactive ketones (excluding diaryl/α,β-unsaturated/α-hetero) is 2. The van der Waals surface area contributed by atoms with Gasteiger partial charge in [0.05, 0.1) is 18.2 Å². The van der Waals surface area contributed by atoms with E-state index >= 15 is 0 Å². The molecule has 0 bridgehead atoms. The molecule has 2 amide bonds. The van der Waals surface area contributed by atoms with E-state index < -0.39 is 35.4 Å². The van der Waals surface area contributed by atoms with E-state index in [0.29, 0.717) is 46.0 Å². The molecule has 2 aliphatic heterocycles. The third-order valence-electron chi connectivity index (χ3n) is 7.22. The number of fused-ring (bicyclic) bond motifs is 2. The van der Waals surface area contributed by atoms with Gasteiger partial charge in [-0.3, -0.25) is 19.2 Å². The molecule has 0 unspecified atom stereocenters. The highest BCUT2D eigenvalue weighted by Gasteiger charge is 2.41.